The molecule has 0 unspecified atom stereocenters. The van der Waals surface area contributed by atoms with E-state index in [9.17, 15) is 4.79 Å². The summed E-state index contributed by atoms with van der Waals surface area (Å²) >= 11 is 19.8. The Morgan fingerprint density at radius 3 is 2.35 bits per heavy atom. The molecule has 1 amide bonds. The standard InChI is InChI=1S/C11H10Cl3NOS/c12-7-1-2-8(13)10(14)9(7)11(16)15-3-5-17-6-4-15/h1-2H,3-6H2. The Kier molecular flexibility index (Phi) is 4.47. The lowest BCUT2D eigenvalue weighted by molar-refractivity contribution is 0.0772. The zero-order valence-corrected chi connectivity index (χ0v) is 12.0. The Labute approximate surface area is 119 Å². The summed E-state index contributed by atoms with van der Waals surface area (Å²) < 4.78 is 0. The predicted octanol–water partition coefficient (Wildman–Crippen LogP) is 3.84. The highest BCUT2D eigenvalue weighted by molar-refractivity contribution is 7.99. The molecule has 0 bridgehead atoms. The van der Waals surface area contributed by atoms with Gasteiger partial charge in [-0.25, -0.2) is 0 Å². The van der Waals surface area contributed by atoms with Crippen molar-refractivity contribution in [2.24, 2.45) is 0 Å². The second kappa shape index (κ2) is 5.70. The summed E-state index contributed by atoms with van der Waals surface area (Å²) in [6, 6.07) is 3.19. The van der Waals surface area contributed by atoms with Gasteiger partial charge in [-0.1, -0.05) is 34.8 Å². The zero-order valence-electron chi connectivity index (χ0n) is 8.88. The molecule has 2 nitrogen and oxygen atoms in total. The predicted molar refractivity (Wildman–Crippen MR) is 74.7 cm³/mol. The van der Waals surface area contributed by atoms with Gasteiger partial charge in [0.1, 0.15) is 0 Å². The fraction of sp³-hybridized carbons (Fsp3) is 0.364. The summed E-state index contributed by atoms with van der Waals surface area (Å²) in [6.45, 7) is 1.45. The molecule has 6 heteroatoms. The van der Waals surface area contributed by atoms with Gasteiger partial charge in [0.15, 0.2) is 0 Å². The minimum atomic E-state index is -0.136. The molecule has 0 atom stereocenters. The molecule has 0 aliphatic carbocycles. The van der Waals surface area contributed by atoms with Crippen molar-refractivity contribution in [1.29, 1.82) is 0 Å². The lowest BCUT2D eigenvalue weighted by atomic mass is 10.2. The van der Waals surface area contributed by atoms with E-state index in [0.29, 0.717) is 15.6 Å². The van der Waals surface area contributed by atoms with E-state index < -0.39 is 0 Å². The van der Waals surface area contributed by atoms with Gasteiger partial charge < -0.3 is 4.90 Å². The van der Waals surface area contributed by atoms with Gasteiger partial charge in [0, 0.05) is 24.6 Å². The Morgan fingerprint density at radius 2 is 1.71 bits per heavy atom. The van der Waals surface area contributed by atoms with E-state index in [1.807, 2.05) is 11.8 Å². The normalized spacial score (nSPS) is 16.1. The van der Waals surface area contributed by atoms with Gasteiger partial charge in [-0.3, -0.25) is 4.79 Å². The van der Waals surface area contributed by atoms with E-state index in [1.54, 1.807) is 17.0 Å². The second-order valence-corrected chi connectivity index (χ2v) is 6.04. The molecule has 1 fully saturated rings. The molecule has 1 aromatic rings. The van der Waals surface area contributed by atoms with Crippen LogP contribution in [0.15, 0.2) is 12.1 Å². The number of halogens is 3. The number of nitrogens with zero attached hydrogens (tertiary/aromatic N) is 1. The lowest BCUT2D eigenvalue weighted by Gasteiger charge is -2.27. The molecule has 0 saturated carbocycles. The molecular formula is C11H10Cl3NOS. The molecule has 0 aromatic heterocycles. The van der Waals surface area contributed by atoms with Crippen LogP contribution in [0.1, 0.15) is 10.4 Å². The van der Waals surface area contributed by atoms with Gasteiger partial charge in [0.2, 0.25) is 0 Å². The van der Waals surface area contributed by atoms with Crippen molar-refractivity contribution in [3.05, 3.63) is 32.8 Å². The summed E-state index contributed by atoms with van der Waals surface area (Å²) in [7, 11) is 0. The van der Waals surface area contributed by atoms with Gasteiger partial charge in [0.25, 0.3) is 5.91 Å². The van der Waals surface area contributed by atoms with Crippen LogP contribution in [0.2, 0.25) is 15.1 Å². The van der Waals surface area contributed by atoms with Crippen LogP contribution in [0.3, 0.4) is 0 Å². The Bertz CT molecular complexity index is 447. The third-order valence-electron chi connectivity index (χ3n) is 2.56. The summed E-state index contributed by atoms with van der Waals surface area (Å²) in [5.41, 5.74) is 0.313. The Balaban J connectivity index is 2.32. The highest BCUT2D eigenvalue weighted by Gasteiger charge is 2.24. The van der Waals surface area contributed by atoms with Crippen LogP contribution >= 0.6 is 46.6 Å². The number of benzene rings is 1. The molecule has 1 aromatic carbocycles. The molecule has 0 spiro atoms. The van der Waals surface area contributed by atoms with Crippen LogP contribution in [-0.4, -0.2) is 35.4 Å². The topological polar surface area (TPSA) is 20.3 Å². The van der Waals surface area contributed by atoms with Crippen LogP contribution in [0.25, 0.3) is 0 Å². The molecule has 1 aliphatic rings. The minimum Gasteiger partial charge on any atom is -0.337 e. The van der Waals surface area contributed by atoms with Crippen LogP contribution in [-0.2, 0) is 0 Å². The van der Waals surface area contributed by atoms with Crippen LogP contribution in [0.5, 0.6) is 0 Å². The number of thioether (sulfide) groups is 1. The largest absolute Gasteiger partial charge is 0.337 e. The van der Waals surface area contributed by atoms with Gasteiger partial charge in [0.05, 0.1) is 20.6 Å². The van der Waals surface area contributed by atoms with Crippen molar-refractivity contribution >= 4 is 52.5 Å². The summed E-state index contributed by atoms with van der Waals surface area (Å²) in [5.74, 6) is 1.76. The monoisotopic (exact) mass is 309 g/mol. The van der Waals surface area contributed by atoms with Crippen molar-refractivity contribution < 1.29 is 4.79 Å². The highest BCUT2D eigenvalue weighted by atomic mass is 35.5. The van der Waals surface area contributed by atoms with Crippen molar-refractivity contribution in [3.8, 4) is 0 Å². The molecule has 0 N–H and O–H groups in total. The smallest absolute Gasteiger partial charge is 0.256 e. The first-order valence-corrected chi connectivity index (χ1v) is 7.40. The fourth-order valence-corrected chi connectivity index (χ4v) is 3.24. The lowest BCUT2D eigenvalue weighted by Crippen LogP contribution is -2.38. The second-order valence-electron chi connectivity index (χ2n) is 3.62. The quantitative estimate of drug-likeness (QED) is 0.735. The minimum absolute atomic E-state index is 0.136. The van der Waals surface area contributed by atoms with Crippen LogP contribution < -0.4 is 0 Å². The number of carbonyl (C=O) groups excluding carboxylic acids is 1. The van der Waals surface area contributed by atoms with Crippen molar-refractivity contribution in [3.63, 3.8) is 0 Å². The molecule has 92 valence electrons. The van der Waals surface area contributed by atoms with Gasteiger partial charge >= 0.3 is 0 Å². The first-order chi connectivity index (χ1) is 8.11. The Hall–Kier alpha value is -0.0900. The van der Waals surface area contributed by atoms with Gasteiger partial charge in [-0.15, -0.1) is 0 Å². The van der Waals surface area contributed by atoms with Gasteiger partial charge in [-0.05, 0) is 12.1 Å². The number of hydrogen-bond donors (Lipinski definition) is 0. The number of amides is 1. The van der Waals surface area contributed by atoms with E-state index in [4.69, 9.17) is 34.8 Å². The molecule has 0 radical (unpaired) electrons. The van der Waals surface area contributed by atoms with Crippen molar-refractivity contribution in [1.82, 2.24) is 4.90 Å². The molecular weight excluding hydrogens is 301 g/mol. The molecule has 2 rings (SSSR count). The van der Waals surface area contributed by atoms with Crippen molar-refractivity contribution in [2.45, 2.75) is 0 Å². The van der Waals surface area contributed by atoms with E-state index in [-0.39, 0.29) is 10.9 Å². The molecule has 17 heavy (non-hydrogen) atoms. The van der Waals surface area contributed by atoms with E-state index >= 15 is 0 Å². The van der Waals surface area contributed by atoms with Crippen LogP contribution in [0, 0.1) is 0 Å². The average Bonchev–Trinajstić information content (AvgIpc) is 2.35. The molecule has 1 saturated heterocycles. The SMILES string of the molecule is O=C(c1c(Cl)ccc(Cl)c1Cl)N1CCSCC1. The summed E-state index contributed by atoms with van der Waals surface area (Å²) in [5, 5.41) is 0.941. The summed E-state index contributed by atoms with van der Waals surface area (Å²) in [6.07, 6.45) is 0. The average molecular weight is 311 g/mol. The van der Waals surface area contributed by atoms with E-state index in [0.717, 1.165) is 24.6 Å². The first kappa shape index (κ1) is 13.3. The number of carbonyl (C=O) groups is 1. The van der Waals surface area contributed by atoms with Crippen molar-refractivity contribution in [2.75, 3.05) is 24.6 Å². The van der Waals surface area contributed by atoms with E-state index in [2.05, 4.69) is 0 Å². The number of hydrogen-bond acceptors (Lipinski definition) is 2. The first-order valence-electron chi connectivity index (χ1n) is 5.12. The van der Waals surface area contributed by atoms with Crippen LogP contribution in [0.4, 0.5) is 0 Å². The summed E-state index contributed by atoms with van der Waals surface area (Å²) in [4.78, 5) is 14.0. The number of rotatable bonds is 1. The maximum Gasteiger partial charge on any atom is 0.256 e. The Morgan fingerprint density at radius 1 is 1.12 bits per heavy atom. The third kappa shape index (κ3) is 2.84. The molecule has 1 aliphatic heterocycles. The third-order valence-corrected chi connectivity index (χ3v) is 4.62. The highest BCUT2D eigenvalue weighted by Crippen LogP contribution is 2.32. The van der Waals surface area contributed by atoms with E-state index in [1.165, 1.54) is 0 Å². The maximum absolute atomic E-state index is 12.3. The maximum atomic E-state index is 12.3. The van der Waals surface area contributed by atoms with Gasteiger partial charge in [-0.2, -0.15) is 11.8 Å². The zero-order chi connectivity index (χ0) is 12.4. The molecule has 1 heterocycles. The fourth-order valence-electron chi connectivity index (χ4n) is 1.65.